The lowest BCUT2D eigenvalue weighted by atomic mass is 10.0. The smallest absolute Gasteiger partial charge is 0.228 e. The monoisotopic (exact) mass is 273 g/mol. The molecule has 1 atom stereocenters. The number of nitrogens with zero attached hydrogens (tertiary/aromatic N) is 2. The largest absolute Gasteiger partial charge is 0.339 e. The molecule has 1 aromatic heterocycles. The molecule has 2 rings (SSSR count). The zero-order chi connectivity index (χ0) is 14.5. The Labute approximate surface area is 120 Å². The third-order valence-corrected chi connectivity index (χ3v) is 3.56. The molecule has 4 heteroatoms. The van der Waals surface area contributed by atoms with Crippen molar-refractivity contribution < 1.29 is 4.52 Å². The lowest BCUT2D eigenvalue weighted by molar-refractivity contribution is 0.333. The Morgan fingerprint density at radius 3 is 2.50 bits per heavy atom. The second kappa shape index (κ2) is 6.66. The van der Waals surface area contributed by atoms with E-state index < -0.39 is 0 Å². The van der Waals surface area contributed by atoms with Gasteiger partial charge in [0.1, 0.15) is 0 Å². The standard InChI is InChI=1S/C16H23N3O/c1-11(2)14(17-4)10-16-18-15(19-20-16)9-13-7-5-12(3)6-8-13/h5-8,11,14,17H,9-10H2,1-4H3. The van der Waals surface area contributed by atoms with Crippen LogP contribution in [-0.4, -0.2) is 23.2 Å². The van der Waals surface area contributed by atoms with E-state index >= 15 is 0 Å². The highest BCUT2D eigenvalue weighted by molar-refractivity contribution is 5.23. The molecule has 0 bridgehead atoms. The molecular formula is C16H23N3O. The van der Waals surface area contributed by atoms with Crippen LogP contribution in [0.5, 0.6) is 0 Å². The number of aryl methyl sites for hydroxylation is 1. The number of hydrogen-bond acceptors (Lipinski definition) is 4. The highest BCUT2D eigenvalue weighted by Gasteiger charge is 2.16. The van der Waals surface area contributed by atoms with Gasteiger partial charge in [0.15, 0.2) is 5.82 Å². The zero-order valence-electron chi connectivity index (χ0n) is 12.7. The van der Waals surface area contributed by atoms with E-state index in [4.69, 9.17) is 4.52 Å². The Bertz CT molecular complexity index is 531. The quantitative estimate of drug-likeness (QED) is 0.879. The maximum atomic E-state index is 5.34. The fourth-order valence-corrected chi connectivity index (χ4v) is 2.19. The van der Waals surface area contributed by atoms with Gasteiger partial charge in [0, 0.05) is 18.9 Å². The summed E-state index contributed by atoms with van der Waals surface area (Å²) in [5, 5.41) is 7.35. The highest BCUT2D eigenvalue weighted by Crippen LogP contribution is 2.11. The van der Waals surface area contributed by atoms with E-state index in [1.165, 1.54) is 11.1 Å². The third-order valence-electron chi connectivity index (χ3n) is 3.56. The summed E-state index contributed by atoms with van der Waals surface area (Å²) in [5.41, 5.74) is 2.47. The number of aromatic nitrogens is 2. The molecule has 0 amide bonds. The predicted molar refractivity (Wildman–Crippen MR) is 79.7 cm³/mol. The first-order valence-corrected chi connectivity index (χ1v) is 7.12. The van der Waals surface area contributed by atoms with Gasteiger partial charge in [-0.15, -0.1) is 0 Å². The van der Waals surface area contributed by atoms with E-state index in [1.807, 2.05) is 7.05 Å². The summed E-state index contributed by atoms with van der Waals surface area (Å²) in [4.78, 5) is 4.48. The van der Waals surface area contributed by atoms with Crippen molar-refractivity contribution >= 4 is 0 Å². The van der Waals surface area contributed by atoms with E-state index in [2.05, 4.69) is 60.5 Å². The molecule has 0 aliphatic rings. The van der Waals surface area contributed by atoms with Crippen LogP contribution in [0.1, 0.15) is 36.7 Å². The van der Waals surface area contributed by atoms with Gasteiger partial charge in [0.25, 0.3) is 0 Å². The highest BCUT2D eigenvalue weighted by atomic mass is 16.5. The van der Waals surface area contributed by atoms with Gasteiger partial charge in [0.2, 0.25) is 5.89 Å². The summed E-state index contributed by atoms with van der Waals surface area (Å²) in [5.74, 6) is 2.00. The van der Waals surface area contributed by atoms with Gasteiger partial charge < -0.3 is 9.84 Å². The molecule has 1 aromatic carbocycles. The molecule has 0 saturated carbocycles. The number of rotatable bonds is 6. The molecule has 0 radical (unpaired) electrons. The van der Waals surface area contributed by atoms with E-state index in [0.29, 0.717) is 17.9 Å². The first-order chi connectivity index (χ1) is 9.58. The Morgan fingerprint density at radius 1 is 1.20 bits per heavy atom. The van der Waals surface area contributed by atoms with Crippen LogP contribution in [0.15, 0.2) is 28.8 Å². The fraction of sp³-hybridized carbons (Fsp3) is 0.500. The van der Waals surface area contributed by atoms with Gasteiger partial charge in [-0.05, 0) is 25.5 Å². The van der Waals surface area contributed by atoms with Gasteiger partial charge in [0.05, 0.1) is 0 Å². The van der Waals surface area contributed by atoms with E-state index in [1.54, 1.807) is 0 Å². The van der Waals surface area contributed by atoms with Crippen molar-refractivity contribution in [1.29, 1.82) is 0 Å². The lowest BCUT2D eigenvalue weighted by Crippen LogP contribution is -2.32. The van der Waals surface area contributed by atoms with Crippen LogP contribution in [0, 0.1) is 12.8 Å². The van der Waals surface area contributed by atoms with Gasteiger partial charge in [-0.2, -0.15) is 4.98 Å². The minimum atomic E-state index is 0.364. The van der Waals surface area contributed by atoms with Crippen molar-refractivity contribution in [3.8, 4) is 0 Å². The molecule has 0 aliphatic carbocycles. The first kappa shape index (κ1) is 14.7. The molecule has 0 fully saturated rings. The van der Waals surface area contributed by atoms with Gasteiger partial charge >= 0.3 is 0 Å². The molecule has 108 valence electrons. The maximum Gasteiger partial charge on any atom is 0.228 e. The van der Waals surface area contributed by atoms with Crippen LogP contribution in [-0.2, 0) is 12.8 Å². The predicted octanol–water partition coefficient (Wildman–Crippen LogP) is 2.76. The first-order valence-electron chi connectivity index (χ1n) is 7.12. The fourth-order valence-electron chi connectivity index (χ4n) is 2.19. The Hall–Kier alpha value is -1.68. The van der Waals surface area contributed by atoms with Crippen molar-refractivity contribution in [2.75, 3.05) is 7.05 Å². The topological polar surface area (TPSA) is 51.0 Å². The number of nitrogens with one attached hydrogen (secondary N) is 1. The van der Waals surface area contributed by atoms with Crippen molar-refractivity contribution in [3.63, 3.8) is 0 Å². The Morgan fingerprint density at radius 2 is 1.90 bits per heavy atom. The van der Waals surface area contributed by atoms with Gasteiger partial charge in [-0.1, -0.05) is 48.8 Å². The normalized spacial score (nSPS) is 12.8. The Kier molecular flexibility index (Phi) is 4.90. The van der Waals surface area contributed by atoms with Crippen LogP contribution < -0.4 is 5.32 Å². The van der Waals surface area contributed by atoms with Gasteiger partial charge in [-0.3, -0.25) is 0 Å². The second-order valence-electron chi connectivity index (χ2n) is 5.61. The molecule has 0 saturated heterocycles. The summed E-state index contributed by atoms with van der Waals surface area (Å²) in [6.45, 7) is 6.45. The maximum absolute atomic E-state index is 5.34. The van der Waals surface area contributed by atoms with Crippen LogP contribution in [0.2, 0.25) is 0 Å². The molecule has 1 N–H and O–H groups in total. The molecule has 2 aromatic rings. The minimum absolute atomic E-state index is 0.364. The number of benzene rings is 1. The summed E-state index contributed by atoms with van der Waals surface area (Å²) in [7, 11) is 1.97. The number of hydrogen-bond donors (Lipinski definition) is 1. The molecule has 0 aliphatic heterocycles. The molecule has 20 heavy (non-hydrogen) atoms. The van der Waals surface area contributed by atoms with E-state index in [-0.39, 0.29) is 0 Å². The molecule has 1 heterocycles. The summed E-state index contributed by atoms with van der Waals surface area (Å²) < 4.78 is 5.34. The molecule has 0 spiro atoms. The average Bonchev–Trinajstić information content (AvgIpc) is 2.86. The van der Waals surface area contributed by atoms with Crippen LogP contribution in [0.4, 0.5) is 0 Å². The number of likely N-dealkylation sites (N-methyl/N-ethyl adjacent to an activating group) is 1. The summed E-state index contributed by atoms with van der Waals surface area (Å²) in [6, 6.07) is 8.78. The minimum Gasteiger partial charge on any atom is -0.339 e. The third kappa shape index (κ3) is 3.90. The Balaban J connectivity index is 2.00. The molecule has 4 nitrogen and oxygen atoms in total. The van der Waals surface area contributed by atoms with Crippen LogP contribution in [0.3, 0.4) is 0 Å². The molecular weight excluding hydrogens is 250 g/mol. The van der Waals surface area contributed by atoms with Crippen LogP contribution in [0.25, 0.3) is 0 Å². The summed E-state index contributed by atoms with van der Waals surface area (Å²) in [6.07, 6.45) is 1.49. The van der Waals surface area contributed by atoms with Crippen LogP contribution >= 0.6 is 0 Å². The second-order valence-corrected chi connectivity index (χ2v) is 5.61. The van der Waals surface area contributed by atoms with Crippen molar-refractivity contribution in [2.24, 2.45) is 5.92 Å². The van der Waals surface area contributed by atoms with Gasteiger partial charge in [-0.25, -0.2) is 0 Å². The SMILES string of the molecule is CNC(Cc1nc(Cc2ccc(C)cc2)no1)C(C)C. The zero-order valence-corrected chi connectivity index (χ0v) is 12.7. The van der Waals surface area contributed by atoms with Crippen molar-refractivity contribution in [1.82, 2.24) is 15.5 Å². The van der Waals surface area contributed by atoms with Crippen molar-refractivity contribution in [2.45, 2.75) is 39.7 Å². The molecule has 1 unspecified atom stereocenters. The lowest BCUT2D eigenvalue weighted by Gasteiger charge is -2.17. The average molecular weight is 273 g/mol. The van der Waals surface area contributed by atoms with E-state index in [0.717, 1.165) is 18.7 Å². The summed E-state index contributed by atoms with van der Waals surface area (Å²) >= 11 is 0. The van der Waals surface area contributed by atoms with Crippen molar-refractivity contribution in [3.05, 3.63) is 47.1 Å². The van der Waals surface area contributed by atoms with E-state index in [9.17, 15) is 0 Å².